The van der Waals surface area contributed by atoms with Gasteiger partial charge in [0.05, 0.1) is 16.7 Å². The molecule has 0 saturated heterocycles. The molecule has 0 unspecified atom stereocenters. The maximum absolute atomic E-state index is 5.01. The first-order chi connectivity index (χ1) is 17.1. The van der Waals surface area contributed by atoms with Crippen molar-refractivity contribution in [1.82, 2.24) is 14.5 Å². The minimum absolute atomic E-state index is 0.111. The molecule has 36 heavy (non-hydrogen) atoms. The minimum atomic E-state index is 0.111. The van der Waals surface area contributed by atoms with Crippen molar-refractivity contribution in [3.05, 3.63) is 114 Å². The second-order valence-electron chi connectivity index (χ2n) is 11.7. The number of imidazole rings is 1. The van der Waals surface area contributed by atoms with Crippen molar-refractivity contribution in [2.24, 2.45) is 0 Å². The van der Waals surface area contributed by atoms with Crippen LogP contribution in [0.1, 0.15) is 64.1 Å². The number of hydrogen-bond donors (Lipinski definition) is 0. The van der Waals surface area contributed by atoms with Gasteiger partial charge in [-0.05, 0) is 63.9 Å². The number of benzene rings is 3. The summed E-state index contributed by atoms with van der Waals surface area (Å²) >= 11 is 0. The number of para-hydroxylation sites is 2. The number of nitrogens with zero attached hydrogens (tertiary/aromatic N) is 3. The number of hydrogen-bond acceptors (Lipinski definition) is 2. The van der Waals surface area contributed by atoms with Crippen LogP contribution in [0.4, 0.5) is 0 Å². The summed E-state index contributed by atoms with van der Waals surface area (Å²) in [5, 5.41) is 0. The molecule has 0 atom stereocenters. The quantitative estimate of drug-likeness (QED) is 0.263. The van der Waals surface area contributed by atoms with Gasteiger partial charge in [-0.2, -0.15) is 0 Å². The van der Waals surface area contributed by atoms with Crippen LogP contribution in [0.3, 0.4) is 0 Å². The second-order valence-corrected chi connectivity index (χ2v) is 11.7. The molecule has 5 aromatic rings. The molecular weight excluding hydrogens is 438 g/mol. The standard InChI is InChI=1S/C33H35N3/c1-32(2,3)25-15-17-27(18-16-25)36-30-13-8-7-12-29(30)35-31(36)20-23-14-19-28(34-22-23)24-10-9-11-26(21-24)33(4,5)6/h7-19,21-22H,20H2,1-6H3. The molecule has 2 aromatic heterocycles. The van der Waals surface area contributed by atoms with Crippen molar-refractivity contribution in [2.75, 3.05) is 0 Å². The lowest BCUT2D eigenvalue weighted by molar-refractivity contribution is 0.590. The fourth-order valence-corrected chi connectivity index (χ4v) is 4.62. The molecule has 3 nitrogen and oxygen atoms in total. The van der Waals surface area contributed by atoms with Crippen LogP contribution >= 0.6 is 0 Å². The molecule has 0 radical (unpaired) electrons. The van der Waals surface area contributed by atoms with Crippen LogP contribution in [0.25, 0.3) is 28.0 Å². The highest BCUT2D eigenvalue weighted by atomic mass is 15.1. The van der Waals surface area contributed by atoms with E-state index in [0.29, 0.717) is 6.42 Å². The summed E-state index contributed by atoms with van der Waals surface area (Å²) in [4.78, 5) is 9.84. The van der Waals surface area contributed by atoms with E-state index in [-0.39, 0.29) is 10.8 Å². The third kappa shape index (κ3) is 4.83. The van der Waals surface area contributed by atoms with Crippen LogP contribution < -0.4 is 0 Å². The molecule has 5 rings (SSSR count). The van der Waals surface area contributed by atoms with Gasteiger partial charge in [-0.3, -0.25) is 9.55 Å². The lowest BCUT2D eigenvalue weighted by atomic mass is 9.86. The van der Waals surface area contributed by atoms with Crippen LogP contribution in [0.15, 0.2) is 91.1 Å². The van der Waals surface area contributed by atoms with E-state index < -0.39 is 0 Å². The van der Waals surface area contributed by atoms with Gasteiger partial charge < -0.3 is 0 Å². The SMILES string of the molecule is CC(C)(C)c1ccc(-n2c(Cc3ccc(-c4cccc(C(C)(C)C)c4)nc3)nc3ccccc32)cc1. The molecular formula is C33H35N3. The lowest BCUT2D eigenvalue weighted by Crippen LogP contribution is -2.11. The Bertz CT molecular complexity index is 1490. The van der Waals surface area contributed by atoms with Gasteiger partial charge in [-0.1, -0.05) is 90.1 Å². The van der Waals surface area contributed by atoms with Gasteiger partial charge in [-0.15, -0.1) is 0 Å². The van der Waals surface area contributed by atoms with Crippen molar-refractivity contribution in [2.45, 2.75) is 58.8 Å². The molecule has 3 heteroatoms. The van der Waals surface area contributed by atoms with Crippen molar-refractivity contribution in [3.8, 4) is 16.9 Å². The molecule has 0 amide bonds. The highest BCUT2D eigenvalue weighted by Gasteiger charge is 2.17. The van der Waals surface area contributed by atoms with E-state index in [0.717, 1.165) is 39.4 Å². The van der Waals surface area contributed by atoms with Crippen LogP contribution in [-0.2, 0) is 17.3 Å². The summed E-state index contributed by atoms with van der Waals surface area (Å²) in [7, 11) is 0. The monoisotopic (exact) mass is 473 g/mol. The molecule has 182 valence electrons. The Balaban J connectivity index is 1.48. The van der Waals surface area contributed by atoms with Gasteiger partial charge in [0.15, 0.2) is 0 Å². The summed E-state index contributed by atoms with van der Waals surface area (Å²) in [5.41, 5.74) is 9.44. The predicted molar refractivity (Wildman–Crippen MR) is 151 cm³/mol. The maximum atomic E-state index is 5.01. The molecule has 0 N–H and O–H groups in total. The molecule has 0 saturated carbocycles. The lowest BCUT2D eigenvalue weighted by Gasteiger charge is -2.20. The van der Waals surface area contributed by atoms with Crippen molar-refractivity contribution in [1.29, 1.82) is 0 Å². The second kappa shape index (κ2) is 9.05. The fraction of sp³-hybridized carbons (Fsp3) is 0.273. The smallest absolute Gasteiger partial charge is 0.118 e. The van der Waals surface area contributed by atoms with Crippen LogP contribution in [-0.4, -0.2) is 14.5 Å². The van der Waals surface area contributed by atoms with Crippen LogP contribution in [0.5, 0.6) is 0 Å². The summed E-state index contributed by atoms with van der Waals surface area (Å²) in [6.07, 6.45) is 2.70. The van der Waals surface area contributed by atoms with E-state index in [1.807, 2.05) is 12.3 Å². The van der Waals surface area contributed by atoms with E-state index in [9.17, 15) is 0 Å². The Kier molecular flexibility index (Phi) is 6.04. The Hall–Kier alpha value is -3.72. The van der Waals surface area contributed by atoms with Crippen LogP contribution in [0.2, 0.25) is 0 Å². The topological polar surface area (TPSA) is 30.7 Å². The normalized spacial score (nSPS) is 12.3. The Morgan fingerprint density at radius 1 is 0.694 bits per heavy atom. The third-order valence-electron chi connectivity index (χ3n) is 6.83. The zero-order valence-corrected chi connectivity index (χ0v) is 22.2. The van der Waals surface area contributed by atoms with Crippen LogP contribution in [0, 0.1) is 0 Å². The molecule has 2 heterocycles. The molecule has 3 aromatic carbocycles. The summed E-state index contributed by atoms with van der Waals surface area (Å²) in [6, 6.07) is 30.3. The molecule has 0 aliphatic heterocycles. The van der Waals surface area contributed by atoms with E-state index in [1.54, 1.807) is 0 Å². The fourth-order valence-electron chi connectivity index (χ4n) is 4.62. The average molecular weight is 474 g/mol. The minimum Gasteiger partial charge on any atom is -0.296 e. The number of aromatic nitrogens is 3. The summed E-state index contributed by atoms with van der Waals surface area (Å²) in [5.74, 6) is 1.02. The first-order valence-corrected chi connectivity index (χ1v) is 12.7. The molecule has 0 fully saturated rings. The number of pyridine rings is 1. The zero-order valence-electron chi connectivity index (χ0n) is 22.2. The Labute approximate surface area is 214 Å². The Morgan fingerprint density at radius 3 is 2.08 bits per heavy atom. The zero-order chi connectivity index (χ0) is 25.5. The first-order valence-electron chi connectivity index (χ1n) is 12.7. The van der Waals surface area contributed by atoms with Gasteiger partial charge in [-0.25, -0.2) is 4.98 Å². The van der Waals surface area contributed by atoms with Crippen molar-refractivity contribution < 1.29 is 0 Å². The molecule has 0 spiro atoms. The number of fused-ring (bicyclic) bond motifs is 1. The van der Waals surface area contributed by atoms with Gasteiger partial charge in [0.25, 0.3) is 0 Å². The first kappa shape index (κ1) is 24.0. The molecule has 0 aliphatic carbocycles. The predicted octanol–water partition coefficient (Wildman–Crippen LogP) is 8.27. The van der Waals surface area contributed by atoms with Gasteiger partial charge >= 0.3 is 0 Å². The Morgan fingerprint density at radius 2 is 1.42 bits per heavy atom. The highest BCUT2D eigenvalue weighted by molar-refractivity contribution is 5.78. The van der Waals surface area contributed by atoms with Gasteiger partial charge in [0, 0.05) is 23.9 Å². The summed E-state index contributed by atoms with van der Waals surface area (Å²) < 4.78 is 2.28. The van der Waals surface area contributed by atoms with E-state index in [4.69, 9.17) is 9.97 Å². The van der Waals surface area contributed by atoms with Crippen molar-refractivity contribution >= 4 is 11.0 Å². The number of rotatable bonds is 4. The average Bonchev–Trinajstić information content (AvgIpc) is 3.21. The van der Waals surface area contributed by atoms with Crippen molar-refractivity contribution in [3.63, 3.8) is 0 Å². The largest absolute Gasteiger partial charge is 0.296 e. The highest BCUT2D eigenvalue weighted by Crippen LogP contribution is 2.29. The van der Waals surface area contributed by atoms with E-state index in [1.165, 1.54) is 11.1 Å². The van der Waals surface area contributed by atoms with E-state index in [2.05, 4.69) is 125 Å². The molecule has 0 aliphatic rings. The molecule has 0 bridgehead atoms. The van der Waals surface area contributed by atoms with Gasteiger partial charge in [0.1, 0.15) is 5.82 Å². The van der Waals surface area contributed by atoms with E-state index >= 15 is 0 Å². The van der Waals surface area contributed by atoms with Gasteiger partial charge in [0.2, 0.25) is 0 Å². The summed E-state index contributed by atoms with van der Waals surface area (Å²) in [6.45, 7) is 13.5. The third-order valence-corrected chi connectivity index (χ3v) is 6.83. The maximum Gasteiger partial charge on any atom is 0.118 e.